The van der Waals surface area contributed by atoms with Gasteiger partial charge in [-0.05, 0) is 18.9 Å². The zero-order valence-corrected chi connectivity index (χ0v) is 12.3. The van der Waals surface area contributed by atoms with Gasteiger partial charge in [0, 0.05) is 18.7 Å². The van der Waals surface area contributed by atoms with Gasteiger partial charge >= 0.3 is 0 Å². The van der Waals surface area contributed by atoms with Gasteiger partial charge in [0.25, 0.3) is 6.43 Å². The van der Waals surface area contributed by atoms with E-state index in [4.69, 9.17) is 5.26 Å². The molecule has 0 bridgehead atoms. The third-order valence-corrected chi connectivity index (χ3v) is 3.66. The minimum Gasteiger partial charge on any atom is -0.308 e. The summed E-state index contributed by atoms with van der Waals surface area (Å²) in [6.45, 7) is -0.186. The highest BCUT2D eigenvalue weighted by Crippen LogP contribution is 2.41. The molecule has 0 atom stereocenters. The number of hydrogen-bond donors (Lipinski definition) is 1. The van der Waals surface area contributed by atoms with Crippen molar-refractivity contribution in [2.24, 2.45) is 7.05 Å². The van der Waals surface area contributed by atoms with Gasteiger partial charge < -0.3 is 5.32 Å². The molecule has 0 aliphatic heterocycles. The van der Waals surface area contributed by atoms with E-state index in [-0.39, 0.29) is 29.5 Å². The molecule has 1 aliphatic carbocycles. The molecule has 0 aromatic carbocycles. The van der Waals surface area contributed by atoms with Crippen LogP contribution in [-0.4, -0.2) is 25.5 Å². The molecule has 7 nitrogen and oxygen atoms in total. The van der Waals surface area contributed by atoms with E-state index in [1.807, 2.05) is 6.07 Å². The lowest BCUT2D eigenvalue weighted by Gasteiger charge is -2.08. The molecule has 0 spiro atoms. The lowest BCUT2D eigenvalue weighted by atomic mass is 10.2. The van der Waals surface area contributed by atoms with Gasteiger partial charge in [0.15, 0.2) is 0 Å². The molecule has 120 valence electrons. The molecule has 1 saturated carbocycles. The summed E-state index contributed by atoms with van der Waals surface area (Å²) < 4.78 is 28.3. The summed E-state index contributed by atoms with van der Waals surface area (Å²) in [4.78, 5) is 12.2. The van der Waals surface area contributed by atoms with E-state index in [1.54, 1.807) is 7.05 Å². The van der Waals surface area contributed by atoms with Crippen molar-refractivity contribution in [3.63, 3.8) is 0 Å². The minimum absolute atomic E-state index is 0.186. The van der Waals surface area contributed by atoms with Crippen LogP contribution in [0.1, 0.15) is 42.1 Å². The summed E-state index contributed by atoms with van der Waals surface area (Å²) >= 11 is 0. The fraction of sp³-hybridized carbons (Fsp3) is 0.429. The van der Waals surface area contributed by atoms with Crippen molar-refractivity contribution < 1.29 is 13.6 Å². The molecule has 0 saturated heterocycles. The minimum atomic E-state index is -2.67. The van der Waals surface area contributed by atoms with Crippen LogP contribution in [0.5, 0.6) is 0 Å². The van der Waals surface area contributed by atoms with Gasteiger partial charge in [-0.2, -0.15) is 15.5 Å². The van der Waals surface area contributed by atoms with Gasteiger partial charge in [-0.3, -0.25) is 14.2 Å². The van der Waals surface area contributed by atoms with E-state index < -0.39 is 12.3 Å². The number of anilines is 1. The number of hydrogen-bond acceptors (Lipinski definition) is 4. The van der Waals surface area contributed by atoms with Gasteiger partial charge in [-0.15, -0.1) is 0 Å². The first-order chi connectivity index (χ1) is 11.0. The largest absolute Gasteiger partial charge is 0.308 e. The van der Waals surface area contributed by atoms with Gasteiger partial charge in [-0.1, -0.05) is 0 Å². The highest BCUT2D eigenvalue weighted by molar-refractivity contribution is 5.90. The van der Waals surface area contributed by atoms with Crippen LogP contribution in [0.3, 0.4) is 0 Å². The van der Waals surface area contributed by atoms with Crippen molar-refractivity contribution >= 4 is 11.7 Å². The summed E-state index contributed by atoms with van der Waals surface area (Å²) in [7, 11) is 1.59. The van der Waals surface area contributed by atoms with Crippen molar-refractivity contribution in [2.75, 3.05) is 5.32 Å². The van der Waals surface area contributed by atoms with Crippen LogP contribution in [-0.2, 0) is 18.4 Å². The lowest BCUT2D eigenvalue weighted by Crippen LogP contribution is -2.22. The van der Waals surface area contributed by atoms with Crippen molar-refractivity contribution in [3.05, 3.63) is 29.2 Å². The van der Waals surface area contributed by atoms with E-state index in [1.165, 1.54) is 21.6 Å². The Morgan fingerprint density at radius 3 is 2.91 bits per heavy atom. The van der Waals surface area contributed by atoms with Gasteiger partial charge in [0.05, 0.1) is 6.20 Å². The van der Waals surface area contributed by atoms with Crippen LogP contribution < -0.4 is 5.32 Å². The third-order valence-electron chi connectivity index (χ3n) is 3.66. The highest BCUT2D eigenvalue weighted by Gasteiger charge is 2.30. The average molecular weight is 320 g/mol. The van der Waals surface area contributed by atoms with Crippen molar-refractivity contribution in [2.45, 2.75) is 31.7 Å². The maximum Gasteiger partial charge on any atom is 0.282 e. The number of aromatic nitrogens is 4. The molecule has 1 amide bonds. The van der Waals surface area contributed by atoms with Crippen LogP contribution in [0.25, 0.3) is 0 Å². The molecule has 23 heavy (non-hydrogen) atoms. The number of halogens is 2. The maximum absolute atomic E-state index is 12.8. The molecule has 0 radical (unpaired) electrons. The smallest absolute Gasteiger partial charge is 0.282 e. The van der Waals surface area contributed by atoms with E-state index in [0.717, 1.165) is 12.8 Å². The Morgan fingerprint density at radius 2 is 2.30 bits per heavy atom. The molecule has 2 heterocycles. The second-order valence-electron chi connectivity index (χ2n) is 5.42. The first-order valence-electron chi connectivity index (χ1n) is 7.07. The first-order valence-corrected chi connectivity index (χ1v) is 7.07. The molecule has 1 aliphatic rings. The zero-order chi connectivity index (χ0) is 16.6. The standard InChI is InChI=1S/C14H14F2N6O/c1-21-14(9(5-17)6-18-21)19-12(23)7-22-11(8-2-3-8)4-10(20-22)13(15)16/h4,6,8,13H,2-3,7H2,1H3,(H,19,23). The predicted octanol–water partition coefficient (Wildman–Crippen LogP) is 1.94. The monoisotopic (exact) mass is 320 g/mol. The number of carbonyl (C=O) groups is 1. The number of carbonyl (C=O) groups excluding carboxylic acids is 1. The molecule has 3 rings (SSSR count). The molecule has 2 aromatic heterocycles. The van der Waals surface area contributed by atoms with E-state index in [9.17, 15) is 13.6 Å². The Labute approximate surface area is 130 Å². The summed E-state index contributed by atoms with van der Waals surface area (Å²) in [5.74, 6) is 0.0109. The van der Waals surface area contributed by atoms with Crippen LogP contribution >= 0.6 is 0 Å². The normalized spacial score (nSPS) is 14.0. The van der Waals surface area contributed by atoms with Crippen molar-refractivity contribution in [1.29, 1.82) is 5.26 Å². The summed E-state index contributed by atoms with van der Waals surface area (Å²) in [5.41, 5.74) is 0.566. The number of rotatable bonds is 5. The second-order valence-corrected chi connectivity index (χ2v) is 5.42. The van der Waals surface area contributed by atoms with Crippen LogP contribution in [0.15, 0.2) is 12.3 Å². The van der Waals surface area contributed by atoms with Crippen LogP contribution in [0.4, 0.5) is 14.6 Å². The molecule has 1 N–H and O–H groups in total. The fourth-order valence-electron chi connectivity index (χ4n) is 2.37. The fourth-order valence-corrected chi connectivity index (χ4v) is 2.37. The summed E-state index contributed by atoms with van der Waals surface area (Å²) in [6.07, 6.45) is 0.500. The highest BCUT2D eigenvalue weighted by atomic mass is 19.3. The lowest BCUT2D eigenvalue weighted by molar-refractivity contribution is -0.117. The second kappa shape index (κ2) is 5.79. The van der Waals surface area contributed by atoms with Gasteiger partial charge in [-0.25, -0.2) is 8.78 Å². The van der Waals surface area contributed by atoms with E-state index >= 15 is 0 Å². The number of nitrogens with one attached hydrogen (secondary N) is 1. The Hall–Kier alpha value is -2.76. The Morgan fingerprint density at radius 1 is 1.57 bits per heavy atom. The third kappa shape index (κ3) is 3.06. The molecule has 1 fully saturated rings. The number of alkyl halides is 2. The molecule has 2 aromatic rings. The average Bonchev–Trinajstić information content (AvgIpc) is 3.18. The first kappa shape index (κ1) is 15.1. The maximum atomic E-state index is 12.8. The SMILES string of the molecule is Cn1ncc(C#N)c1NC(=O)Cn1nc(C(F)F)cc1C1CC1. The van der Waals surface area contributed by atoms with Crippen molar-refractivity contribution in [3.8, 4) is 6.07 Å². The number of aryl methyl sites for hydroxylation is 1. The molecule has 0 unspecified atom stereocenters. The Kier molecular flexibility index (Phi) is 3.82. The molecular weight excluding hydrogens is 306 g/mol. The summed E-state index contributed by atoms with van der Waals surface area (Å²) in [6, 6.07) is 3.29. The Balaban J connectivity index is 1.78. The number of nitriles is 1. The van der Waals surface area contributed by atoms with Gasteiger partial charge in [0.1, 0.15) is 29.7 Å². The topological polar surface area (TPSA) is 88.5 Å². The van der Waals surface area contributed by atoms with Crippen LogP contribution in [0.2, 0.25) is 0 Å². The summed E-state index contributed by atoms with van der Waals surface area (Å²) in [5, 5.41) is 19.3. The predicted molar refractivity (Wildman–Crippen MR) is 75.7 cm³/mol. The number of nitrogens with zero attached hydrogens (tertiary/aromatic N) is 5. The molecule has 9 heteroatoms. The van der Waals surface area contributed by atoms with E-state index in [0.29, 0.717) is 5.69 Å². The zero-order valence-electron chi connectivity index (χ0n) is 12.3. The molecular formula is C14H14F2N6O. The van der Waals surface area contributed by atoms with Gasteiger partial charge in [0.2, 0.25) is 5.91 Å². The van der Waals surface area contributed by atoms with Crippen LogP contribution in [0, 0.1) is 11.3 Å². The Bertz CT molecular complexity index is 784. The van der Waals surface area contributed by atoms with E-state index in [2.05, 4.69) is 15.5 Å². The quantitative estimate of drug-likeness (QED) is 0.912. The number of amides is 1. The van der Waals surface area contributed by atoms with Crippen molar-refractivity contribution in [1.82, 2.24) is 19.6 Å².